The van der Waals surface area contributed by atoms with Crippen molar-refractivity contribution in [1.29, 1.82) is 0 Å². The number of benzene rings is 6. The molecule has 12 aromatic rings. The minimum atomic E-state index is -5.01. The van der Waals surface area contributed by atoms with E-state index >= 15 is 0 Å². The van der Waals surface area contributed by atoms with Crippen LogP contribution in [0.25, 0.3) is 32.7 Å². The van der Waals surface area contributed by atoms with Crippen LogP contribution in [0.3, 0.4) is 0 Å². The summed E-state index contributed by atoms with van der Waals surface area (Å²) in [5, 5.41) is 15.0. The van der Waals surface area contributed by atoms with E-state index in [0.717, 1.165) is 186 Å². The second kappa shape index (κ2) is 39.7. The van der Waals surface area contributed by atoms with E-state index < -0.39 is 71.2 Å². The number of fused-ring (bicyclic) bond motifs is 3. The third-order valence-corrected chi connectivity index (χ3v) is 24.8. The smallest absolute Gasteiger partial charge is 0.416 e. The Labute approximate surface area is 775 Å². The third-order valence-electron chi connectivity index (χ3n) is 24.6. The van der Waals surface area contributed by atoms with Gasteiger partial charge in [0.15, 0.2) is 6.54 Å². The van der Waals surface area contributed by atoms with Crippen LogP contribution in [-0.4, -0.2) is 131 Å². The Hall–Kier alpha value is -12.1. The molecular weight excluding hydrogens is 1800 g/mol. The average Bonchev–Trinajstić information content (AvgIpc) is 1.25. The predicted molar refractivity (Wildman–Crippen MR) is 485 cm³/mol. The van der Waals surface area contributed by atoms with Crippen LogP contribution < -0.4 is 34.3 Å². The fraction of sp³-hybridized carbons (Fsp3) is 0.454. The molecule has 38 heteroatoms. The number of ether oxygens (including phenoxy) is 1. The minimum absolute atomic E-state index is 0.0131. The Balaban J connectivity index is 0.000000147. The van der Waals surface area contributed by atoms with E-state index in [1.54, 1.807) is 43.8 Å². The lowest BCUT2D eigenvalue weighted by Gasteiger charge is -2.30. The highest BCUT2D eigenvalue weighted by molar-refractivity contribution is 6.28. The highest BCUT2D eigenvalue weighted by Gasteiger charge is 2.42. The molecule has 0 radical (unpaired) electrons. The van der Waals surface area contributed by atoms with E-state index in [2.05, 4.69) is 85.1 Å². The summed E-state index contributed by atoms with van der Waals surface area (Å²) in [5.74, 6) is 5.92. The molecule has 0 unspecified atom stereocenters. The standard InChI is InChI=1S/C33H35F6N7O2.C33H35F6N7.C31H32ClF3N6/c1-3-48-28(47)19-46-42-31(41-43-46)45(17-23-11-26(32(34,35)36)14-27(12-23)33(37,38)39)18-25-13-24-6-4-5-20(2)29(24)40-30(25)44(15-21-7-8-21)16-22-9-10-22;1-20-5-4-6-24-13-25(29(42-28(20)24)45(15-21-7-8-21)16-22-9-10-22)18-46(31-41-19-40-30(43-31)44(2)3)17-23-11-26(32(34,35)36)14-27(12-23)33(37,38)39;1-19-10-23(12-26(11-19)31(33,34)35)16-41(30-37-18-36-29(32)39-30)17-25-13-24-5-3-4-20(2)27(24)38-28(25)40(14-21-6-7-21)15-22-8-9-22/h4-6,11-14,21-22H,3,7-10,15-19H2,1-2H3;4-6,11-14,19,21-22H,7-10,15-18H2,1-3H3;3-5,10-13,18,21-22H,6-9,14-17H2,1-2H3. The first-order valence-corrected chi connectivity index (χ1v) is 45.6. The molecule has 22 nitrogen and oxygen atoms in total. The Morgan fingerprint density at radius 3 is 1.03 bits per heavy atom. The molecule has 6 fully saturated rings. The number of hydrogen-bond acceptors (Lipinski definition) is 21. The van der Waals surface area contributed by atoms with Crippen molar-refractivity contribution >= 4 is 91.5 Å². The monoisotopic (exact) mass is 1900 g/mol. The summed E-state index contributed by atoms with van der Waals surface area (Å²) in [6, 6.07) is 31.2. The molecule has 18 rings (SSSR count). The number of anilines is 7. The molecule has 0 amide bonds. The predicted octanol–water partition coefficient (Wildman–Crippen LogP) is 22.2. The van der Waals surface area contributed by atoms with Crippen LogP contribution in [0.5, 0.6) is 0 Å². The van der Waals surface area contributed by atoms with Crippen LogP contribution in [0.1, 0.15) is 167 Å². The molecule has 135 heavy (non-hydrogen) atoms. The maximum atomic E-state index is 13.8. The van der Waals surface area contributed by atoms with Crippen molar-refractivity contribution < 1.29 is 75.4 Å². The van der Waals surface area contributed by atoms with Crippen LogP contribution in [0.15, 0.2) is 140 Å². The fourth-order valence-corrected chi connectivity index (χ4v) is 16.9. The number of esters is 1. The van der Waals surface area contributed by atoms with Gasteiger partial charge in [0.2, 0.25) is 23.1 Å². The number of rotatable bonds is 34. The molecule has 6 aliphatic rings. The topological polar surface area (TPSA) is 209 Å². The highest BCUT2D eigenvalue weighted by atomic mass is 35.5. The number of halogens is 16. The van der Waals surface area contributed by atoms with Crippen molar-refractivity contribution in [1.82, 2.24) is 65.1 Å². The van der Waals surface area contributed by atoms with Gasteiger partial charge in [0.25, 0.3) is 5.95 Å². The lowest BCUT2D eigenvalue weighted by molar-refractivity contribution is -0.145. The summed E-state index contributed by atoms with van der Waals surface area (Å²) in [5.41, 5.74) is 2.55. The van der Waals surface area contributed by atoms with Gasteiger partial charge in [0, 0.05) is 125 Å². The van der Waals surface area contributed by atoms with Gasteiger partial charge in [-0.3, -0.25) is 0 Å². The van der Waals surface area contributed by atoms with Gasteiger partial charge < -0.3 is 39.0 Å². The van der Waals surface area contributed by atoms with Crippen molar-refractivity contribution in [2.75, 3.05) is 94.3 Å². The maximum Gasteiger partial charge on any atom is 0.416 e. The minimum Gasteiger partial charge on any atom is -0.465 e. The molecular formula is C97H102ClF15N20O2. The number of aromatic nitrogens is 13. The first-order chi connectivity index (χ1) is 64.1. The average molecular weight is 1900 g/mol. The molecule has 714 valence electrons. The largest absolute Gasteiger partial charge is 0.465 e. The number of aryl methyl sites for hydroxylation is 4. The lowest BCUT2D eigenvalue weighted by atomic mass is 10.0. The van der Waals surface area contributed by atoms with Crippen molar-refractivity contribution in [3.63, 3.8) is 0 Å². The summed E-state index contributed by atoms with van der Waals surface area (Å²) >= 11 is 6.15. The Kier molecular flexibility index (Phi) is 28.3. The van der Waals surface area contributed by atoms with Gasteiger partial charge in [-0.15, -0.1) is 5.10 Å². The SMILES string of the molecule is CCOC(=O)Cn1nnc(N(Cc2cc(C(F)(F)F)cc(C(F)(F)F)c2)Cc2cc3cccc(C)c3nc2N(CC2CC2)CC2CC2)n1.Cc1cc(CN(Cc2cc3cccc(C)c3nc2N(CC2CC2)CC2CC2)c2ncnc(Cl)n2)cc(C(F)(F)F)c1.Cc1cccc2cc(CN(Cc3cc(C(F)(F)F)cc(C(F)(F)F)c3)c3ncnc(N(C)C)n3)c(N(CC3CC3)CC3CC3)nc12. The van der Waals surface area contributed by atoms with E-state index in [4.69, 9.17) is 31.3 Å². The Morgan fingerprint density at radius 1 is 0.385 bits per heavy atom. The molecule has 0 N–H and O–H groups in total. The van der Waals surface area contributed by atoms with Crippen molar-refractivity contribution in [3.05, 3.63) is 229 Å². The Morgan fingerprint density at radius 2 is 0.704 bits per heavy atom. The van der Waals surface area contributed by atoms with E-state index in [0.29, 0.717) is 88.6 Å². The van der Waals surface area contributed by atoms with Crippen LogP contribution in [-0.2, 0) is 86.2 Å². The van der Waals surface area contributed by atoms with E-state index in [9.17, 15) is 70.7 Å². The molecule has 0 atom stereocenters. The summed E-state index contributed by atoms with van der Waals surface area (Å²) in [6.07, 6.45) is -7.86. The number of para-hydroxylation sites is 3. The second-order valence-electron chi connectivity index (χ2n) is 36.8. The number of alkyl halides is 15. The molecule has 6 aromatic heterocycles. The van der Waals surface area contributed by atoms with Gasteiger partial charge in [0.1, 0.15) is 30.1 Å². The summed E-state index contributed by atoms with van der Waals surface area (Å²) < 4.78 is 212. The van der Waals surface area contributed by atoms with Crippen molar-refractivity contribution in [2.24, 2.45) is 35.5 Å². The molecule has 0 aliphatic heterocycles. The van der Waals surface area contributed by atoms with Crippen molar-refractivity contribution in [3.8, 4) is 0 Å². The summed E-state index contributed by atoms with van der Waals surface area (Å²) in [7, 11) is 3.46. The zero-order valence-corrected chi connectivity index (χ0v) is 76.2. The molecule has 0 spiro atoms. The highest BCUT2D eigenvalue weighted by Crippen LogP contribution is 2.46. The summed E-state index contributed by atoms with van der Waals surface area (Å²) in [6.45, 7) is 14.1. The van der Waals surface area contributed by atoms with E-state index in [-0.39, 0.29) is 79.8 Å². The molecule has 6 aromatic carbocycles. The van der Waals surface area contributed by atoms with E-state index in [1.165, 1.54) is 49.3 Å². The van der Waals surface area contributed by atoms with Gasteiger partial charge >= 0.3 is 36.9 Å². The number of nitrogens with zero attached hydrogens (tertiary/aromatic N) is 20. The van der Waals surface area contributed by atoms with Gasteiger partial charge in [-0.2, -0.15) is 80.6 Å². The Bertz CT molecular complexity index is 6140. The molecule has 6 heterocycles. The van der Waals surface area contributed by atoms with Crippen LogP contribution in [0.4, 0.5) is 107 Å². The zero-order chi connectivity index (χ0) is 95.7. The molecule has 0 bridgehead atoms. The molecule has 6 aliphatic carbocycles. The first kappa shape index (κ1) is 96.1. The van der Waals surface area contributed by atoms with Crippen LogP contribution >= 0.6 is 11.6 Å². The third kappa shape index (κ3) is 25.6. The second-order valence-corrected chi connectivity index (χ2v) is 37.1. The normalized spacial score (nSPS) is 15.3. The quantitative estimate of drug-likeness (QED) is 0.0271. The fourth-order valence-electron chi connectivity index (χ4n) is 16.8. The number of hydrogen-bond donors (Lipinski definition) is 0. The van der Waals surface area contributed by atoms with E-state index in [1.807, 2.05) is 73.3 Å². The zero-order valence-electron chi connectivity index (χ0n) is 75.4. The van der Waals surface area contributed by atoms with Crippen LogP contribution in [0.2, 0.25) is 5.28 Å². The molecule has 6 saturated carbocycles. The lowest BCUT2D eigenvalue weighted by Crippen LogP contribution is -2.32. The molecule has 0 saturated heterocycles. The number of carbonyl (C=O) groups excluding carboxylic acids is 1. The number of carbonyl (C=O) groups is 1. The van der Waals surface area contributed by atoms with Gasteiger partial charge in [-0.1, -0.05) is 71.3 Å². The van der Waals surface area contributed by atoms with Gasteiger partial charge in [-0.05, 0) is 264 Å². The van der Waals surface area contributed by atoms with Crippen LogP contribution in [0, 0.1) is 63.2 Å². The number of pyridine rings is 3. The number of tetrazole rings is 1. The maximum absolute atomic E-state index is 13.8. The first-order valence-electron chi connectivity index (χ1n) is 45.2. The van der Waals surface area contributed by atoms with Crippen molar-refractivity contribution in [2.45, 2.75) is 188 Å². The van der Waals surface area contributed by atoms with Gasteiger partial charge in [-0.25, -0.2) is 39.7 Å². The summed E-state index contributed by atoms with van der Waals surface area (Å²) in [4.78, 5) is 67.8. The van der Waals surface area contributed by atoms with Gasteiger partial charge in [0.05, 0.1) is 51.0 Å².